The van der Waals surface area contributed by atoms with E-state index in [1.165, 1.54) is 0 Å². The van der Waals surface area contributed by atoms with Crippen LogP contribution in [0.25, 0.3) is 0 Å². The Labute approximate surface area is 125 Å². The van der Waals surface area contributed by atoms with Crippen molar-refractivity contribution in [2.75, 3.05) is 6.54 Å². The van der Waals surface area contributed by atoms with E-state index in [1.807, 2.05) is 0 Å². The molecule has 1 aromatic rings. The summed E-state index contributed by atoms with van der Waals surface area (Å²) in [6, 6.07) is 6.59. The Kier molecular flexibility index (Phi) is 6.15. The zero-order valence-electron chi connectivity index (χ0n) is 10.9. The average Bonchev–Trinajstić information content (AvgIpc) is 2.42. The molecule has 0 bridgehead atoms. The molecule has 1 unspecified atom stereocenters. The number of guanidine groups is 1. The van der Waals surface area contributed by atoms with Crippen LogP contribution < -0.4 is 22.1 Å². The van der Waals surface area contributed by atoms with Crippen molar-refractivity contribution in [1.29, 1.82) is 0 Å². The van der Waals surface area contributed by atoms with Gasteiger partial charge in [0.2, 0.25) is 11.1 Å². The van der Waals surface area contributed by atoms with E-state index in [2.05, 4.69) is 15.6 Å². The number of hydrogen-bond donors (Lipinski definition) is 4. The van der Waals surface area contributed by atoms with Gasteiger partial charge in [-0.3, -0.25) is 9.59 Å². The maximum atomic E-state index is 11.7. The fraction of sp³-hybridized carbons (Fsp3) is 0.167. The standard InChI is InChI=1S/C12H14ClN5O3/c13-10(20)9(7-4-2-1-3-5-7)17-8(19)6-16-12(21)18-11(14)15/h1-5,9H,6H2,(H,17,19)(H5,14,15,16,18,21). The molecule has 0 aromatic heterocycles. The highest BCUT2D eigenvalue weighted by Crippen LogP contribution is 2.15. The Morgan fingerprint density at radius 1 is 1.19 bits per heavy atom. The summed E-state index contributed by atoms with van der Waals surface area (Å²) in [6.07, 6.45) is 0. The molecular weight excluding hydrogens is 298 g/mol. The van der Waals surface area contributed by atoms with Crippen LogP contribution in [0.3, 0.4) is 0 Å². The SMILES string of the molecule is NC(N)=NC(=O)NCC(=O)NC(C(=O)Cl)c1ccccc1. The van der Waals surface area contributed by atoms with Crippen LogP contribution in [0.5, 0.6) is 0 Å². The normalized spacial score (nSPS) is 11.1. The maximum Gasteiger partial charge on any atom is 0.344 e. The van der Waals surface area contributed by atoms with Gasteiger partial charge in [-0.1, -0.05) is 30.3 Å². The van der Waals surface area contributed by atoms with Crippen LogP contribution in [-0.4, -0.2) is 29.7 Å². The van der Waals surface area contributed by atoms with Gasteiger partial charge in [-0.15, -0.1) is 0 Å². The molecule has 0 aliphatic carbocycles. The number of rotatable bonds is 5. The van der Waals surface area contributed by atoms with Crippen molar-refractivity contribution in [2.24, 2.45) is 16.5 Å². The number of benzene rings is 1. The van der Waals surface area contributed by atoms with Crippen LogP contribution in [0.15, 0.2) is 35.3 Å². The van der Waals surface area contributed by atoms with Gasteiger partial charge >= 0.3 is 6.03 Å². The van der Waals surface area contributed by atoms with Gasteiger partial charge in [0.15, 0.2) is 5.96 Å². The second-order valence-corrected chi connectivity index (χ2v) is 4.28. The number of hydrogen-bond acceptors (Lipinski definition) is 3. The van der Waals surface area contributed by atoms with Crippen LogP contribution in [0, 0.1) is 0 Å². The van der Waals surface area contributed by atoms with Crippen LogP contribution in [0.4, 0.5) is 4.79 Å². The molecule has 0 aliphatic heterocycles. The summed E-state index contributed by atoms with van der Waals surface area (Å²) < 4.78 is 0. The number of carbonyl (C=O) groups excluding carboxylic acids is 3. The Bertz CT molecular complexity index is 557. The lowest BCUT2D eigenvalue weighted by atomic mass is 10.1. The quantitative estimate of drug-likeness (QED) is 0.332. The molecule has 0 heterocycles. The van der Waals surface area contributed by atoms with Gasteiger partial charge in [0.25, 0.3) is 0 Å². The molecule has 1 atom stereocenters. The van der Waals surface area contributed by atoms with E-state index in [1.54, 1.807) is 30.3 Å². The number of nitrogens with two attached hydrogens (primary N) is 2. The number of amides is 3. The molecule has 0 fully saturated rings. The molecule has 6 N–H and O–H groups in total. The van der Waals surface area contributed by atoms with E-state index >= 15 is 0 Å². The van der Waals surface area contributed by atoms with E-state index < -0.39 is 35.7 Å². The van der Waals surface area contributed by atoms with Crippen molar-refractivity contribution in [2.45, 2.75) is 6.04 Å². The minimum absolute atomic E-state index is 0.400. The predicted molar refractivity (Wildman–Crippen MR) is 77.4 cm³/mol. The summed E-state index contributed by atoms with van der Waals surface area (Å²) >= 11 is 5.46. The first-order chi connectivity index (χ1) is 9.90. The third-order valence-corrected chi connectivity index (χ3v) is 2.51. The molecule has 1 aromatic carbocycles. The van der Waals surface area contributed by atoms with Gasteiger partial charge < -0.3 is 22.1 Å². The van der Waals surface area contributed by atoms with E-state index in [9.17, 15) is 14.4 Å². The summed E-state index contributed by atoms with van der Waals surface area (Å²) in [6.45, 7) is -0.400. The zero-order chi connectivity index (χ0) is 15.8. The molecule has 8 nitrogen and oxygen atoms in total. The van der Waals surface area contributed by atoms with E-state index in [-0.39, 0.29) is 0 Å². The summed E-state index contributed by atoms with van der Waals surface area (Å²) in [5.41, 5.74) is 10.5. The number of nitrogens with one attached hydrogen (secondary N) is 2. The Balaban J connectivity index is 2.61. The molecule has 0 radical (unpaired) electrons. The Morgan fingerprint density at radius 3 is 2.33 bits per heavy atom. The molecule has 21 heavy (non-hydrogen) atoms. The fourth-order valence-corrected chi connectivity index (χ4v) is 1.62. The Hall–Kier alpha value is -2.61. The summed E-state index contributed by atoms with van der Waals surface area (Å²) in [4.78, 5) is 37.3. The van der Waals surface area contributed by atoms with Crippen LogP contribution in [-0.2, 0) is 9.59 Å². The lowest BCUT2D eigenvalue weighted by Crippen LogP contribution is -2.40. The molecule has 0 spiro atoms. The van der Waals surface area contributed by atoms with Gasteiger partial charge in [-0.25, -0.2) is 4.79 Å². The van der Waals surface area contributed by atoms with Crippen molar-refractivity contribution in [3.05, 3.63) is 35.9 Å². The molecule has 9 heteroatoms. The fourth-order valence-electron chi connectivity index (χ4n) is 1.44. The molecule has 3 amide bonds. The first-order valence-corrected chi connectivity index (χ1v) is 6.19. The third-order valence-electron chi connectivity index (χ3n) is 2.30. The summed E-state index contributed by atoms with van der Waals surface area (Å²) in [5.74, 6) is -1.04. The van der Waals surface area contributed by atoms with Crippen molar-refractivity contribution in [3.8, 4) is 0 Å². The number of halogens is 1. The molecule has 112 valence electrons. The minimum atomic E-state index is -1.000. The highest BCUT2D eigenvalue weighted by Gasteiger charge is 2.20. The van der Waals surface area contributed by atoms with E-state index in [0.29, 0.717) is 5.56 Å². The van der Waals surface area contributed by atoms with Crippen molar-refractivity contribution in [3.63, 3.8) is 0 Å². The van der Waals surface area contributed by atoms with Crippen molar-refractivity contribution >= 4 is 34.7 Å². The molecule has 0 saturated heterocycles. The van der Waals surface area contributed by atoms with Gasteiger partial charge in [0, 0.05) is 0 Å². The number of aliphatic imine (C=N–C) groups is 1. The second kappa shape index (κ2) is 7.85. The first kappa shape index (κ1) is 16.4. The highest BCUT2D eigenvalue weighted by atomic mass is 35.5. The van der Waals surface area contributed by atoms with Gasteiger partial charge in [-0.2, -0.15) is 4.99 Å². The van der Waals surface area contributed by atoms with Gasteiger partial charge in [0.05, 0.1) is 6.54 Å². The van der Waals surface area contributed by atoms with E-state index in [4.69, 9.17) is 23.1 Å². The molecular formula is C12H14ClN5O3. The van der Waals surface area contributed by atoms with Crippen LogP contribution in [0.1, 0.15) is 11.6 Å². The van der Waals surface area contributed by atoms with Gasteiger partial charge in [-0.05, 0) is 17.2 Å². The molecule has 0 saturated carbocycles. The van der Waals surface area contributed by atoms with Crippen molar-refractivity contribution < 1.29 is 14.4 Å². The zero-order valence-corrected chi connectivity index (χ0v) is 11.6. The lowest BCUT2D eigenvalue weighted by molar-refractivity contribution is -0.124. The number of carbonyl (C=O) groups is 3. The van der Waals surface area contributed by atoms with Gasteiger partial charge in [0.1, 0.15) is 6.04 Å². The molecule has 1 rings (SSSR count). The maximum absolute atomic E-state index is 11.7. The van der Waals surface area contributed by atoms with Crippen LogP contribution >= 0.6 is 11.6 Å². The smallest absolute Gasteiger partial charge is 0.344 e. The predicted octanol–water partition coefficient (Wildman–Crippen LogP) is -0.408. The summed E-state index contributed by atoms with van der Waals surface area (Å²) in [5, 5.41) is 3.81. The largest absolute Gasteiger partial charge is 0.370 e. The lowest BCUT2D eigenvalue weighted by Gasteiger charge is -2.15. The average molecular weight is 312 g/mol. The van der Waals surface area contributed by atoms with Crippen molar-refractivity contribution in [1.82, 2.24) is 10.6 Å². The second-order valence-electron chi connectivity index (χ2n) is 3.91. The third kappa shape index (κ3) is 5.91. The first-order valence-electron chi connectivity index (χ1n) is 5.81. The van der Waals surface area contributed by atoms with Crippen LogP contribution in [0.2, 0.25) is 0 Å². The number of urea groups is 1. The summed E-state index contributed by atoms with van der Waals surface area (Å²) in [7, 11) is 0. The topological polar surface area (TPSA) is 140 Å². The minimum Gasteiger partial charge on any atom is -0.370 e. The monoisotopic (exact) mass is 311 g/mol. The highest BCUT2D eigenvalue weighted by molar-refractivity contribution is 6.64. The number of nitrogens with zero attached hydrogens (tertiary/aromatic N) is 1. The Morgan fingerprint density at radius 2 is 1.81 bits per heavy atom. The van der Waals surface area contributed by atoms with E-state index in [0.717, 1.165) is 0 Å². The molecule has 0 aliphatic rings.